The van der Waals surface area contributed by atoms with Gasteiger partial charge in [-0.15, -0.1) is 0 Å². The first-order valence-electron chi connectivity index (χ1n) is 12.0. The van der Waals surface area contributed by atoms with Crippen molar-refractivity contribution < 1.29 is 48.6 Å². The SMILES string of the molecule is CCOC(=O)CCc1cc2ccoc2c(OCCCC(C)C)c1OC1OC(CO)C(O)C(O)C1O. The molecule has 1 fully saturated rings. The van der Waals surface area contributed by atoms with Crippen LogP contribution in [0.15, 0.2) is 22.8 Å². The normalized spacial score (nSPS) is 24.6. The van der Waals surface area contributed by atoms with Crippen LogP contribution >= 0.6 is 0 Å². The van der Waals surface area contributed by atoms with Gasteiger partial charge in [0.15, 0.2) is 11.3 Å². The number of hydrogen-bond acceptors (Lipinski definition) is 10. The molecule has 196 valence electrons. The first kappa shape index (κ1) is 27.2. The summed E-state index contributed by atoms with van der Waals surface area (Å²) >= 11 is 0. The molecule has 2 aromatic rings. The van der Waals surface area contributed by atoms with Crippen LogP contribution in [0.2, 0.25) is 0 Å². The van der Waals surface area contributed by atoms with E-state index >= 15 is 0 Å². The Morgan fingerprint density at radius 3 is 2.60 bits per heavy atom. The van der Waals surface area contributed by atoms with Gasteiger partial charge in [0.1, 0.15) is 24.4 Å². The first-order chi connectivity index (χ1) is 16.8. The van der Waals surface area contributed by atoms with Crippen molar-refractivity contribution in [2.75, 3.05) is 19.8 Å². The molecule has 5 unspecified atom stereocenters. The monoisotopic (exact) mass is 496 g/mol. The summed E-state index contributed by atoms with van der Waals surface area (Å²) in [6.45, 7) is 6.02. The molecule has 1 aromatic heterocycles. The molecule has 0 spiro atoms. The molecule has 4 N–H and O–H groups in total. The third-order valence-electron chi connectivity index (χ3n) is 5.89. The van der Waals surface area contributed by atoms with Gasteiger partial charge in [0.05, 0.1) is 26.1 Å². The lowest BCUT2D eigenvalue weighted by Crippen LogP contribution is -2.60. The van der Waals surface area contributed by atoms with Crippen LogP contribution < -0.4 is 9.47 Å². The topological polar surface area (TPSA) is 148 Å². The van der Waals surface area contributed by atoms with E-state index in [0.717, 1.165) is 18.2 Å². The summed E-state index contributed by atoms with van der Waals surface area (Å²) in [6.07, 6.45) is -3.70. The van der Waals surface area contributed by atoms with E-state index in [1.54, 1.807) is 19.1 Å². The minimum absolute atomic E-state index is 0.0784. The Labute approximate surface area is 204 Å². The van der Waals surface area contributed by atoms with Crippen LogP contribution in [-0.4, -0.2) is 76.9 Å². The smallest absolute Gasteiger partial charge is 0.306 e. The molecule has 35 heavy (non-hydrogen) atoms. The van der Waals surface area contributed by atoms with E-state index in [0.29, 0.717) is 23.7 Å². The van der Waals surface area contributed by atoms with E-state index in [4.69, 9.17) is 23.4 Å². The highest BCUT2D eigenvalue weighted by Crippen LogP contribution is 2.42. The molecular formula is C25H36O10. The number of aryl methyl sites for hydroxylation is 1. The Hall–Kier alpha value is -2.37. The number of ether oxygens (including phenoxy) is 4. The summed E-state index contributed by atoms with van der Waals surface area (Å²) in [4.78, 5) is 12.0. The maximum atomic E-state index is 12.0. The van der Waals surface area contributed by atoms with Gasteiger partial charge in [0.2, 0.25) is 12.0 Å². The van der Waals surface area contributed by atoms with Crippen LogP contribution in [0.1, 0.15) is 45.6 Å². The standard InChI is InChI=1S/C25H36O10/c1-4-31-18(27)8-7-15-12-16-9-11-33-22(16)24(32-10-5-6-14(2)3)23(15)35-25-21(30)20(29)19(28)17(13-26)34-25/h9,11-12,14,17,19-21,25-26,28-30H,4-8,10,13H2,1-3H3. The first-order valence-corrected chi connectivity index (χ1v) is 12.0. The Morgan fingerprint density at radius 2 is 1.91 bits per heavy atom. The highest BCUT2D eigenvalue weighted by atomic mass is 16.7. The molecule has 0 bridgehead atoms. The quantitative estimate of drug-likeness (QED) is 0.254. The maximum absolute atomic E-state index is 12.0. The lowest BCUT2D eigenvalue weighted by molar-refractivity contribution is -0.277. The average Bonchev–Trinajstić information content (AvgIpc) is 3.30. The van der Waals surface area contributed by atoms with Gasteiger partial charge >= 0.3 is 5.97 Å². The second-order valence-corrected chi connectivity index (χ2v) is 9.04. The highest BCUT2D eigenvalue weighted by Gasteiger charge is 2.45. The molecule has 1 aromatic carbocycles. The number of furan rings is 1. The van der Waals surface area contributed by atoms with Crippen LogP contribution in [0.25, 0.3) is 11.0 Å². The lowest BCUT2D eigenvalue weighted by Gasteiger charge is -2.39. The number of hydrogen-bond donors (Lipinski definition) is 4. The molecule has 2 heterocycles. The zero-order chi connectivity index (χ0) is 25.5. The van der Waals surface area contributed by atoms with Crippen LogP contribution in [0, 0.1) is 5.92 Å². The molecule has 10 nitrogen and oxygen atoms in total. The van der Waals surface area contributed by atoms with Crippen LogP contribution in [-0.2, 0) is 20.7 Å². The predicted molar refractivity (Wildman–Crippen MR) is 125 cm³/mol. The zero-order valence-electron chi connectivity index (χ0n) is 20.4. The molecule has 0 amide bonds. The molecule has 10 heteroatoms. The molecule has 3 rings (SSSR count). The van der Waals surface area contributed by atoms with Gasteiger partial charge in [-0.25, -0.2) is 0 Å². The second kappa shape index (κ2) is 12.5. The van der Waals surface area contributed by atoms with Gasteiger partial charge in [-0.05, 0) is 49.8 Å². The number of esters is 1. The van der Waals surface area contributed by atoms with E-state index in [2.05, 4.69) is 13.8 Å². The number of benzene rings is 1. The third-order valence-corrected chi connectivity index (χ3v) is 5.89. The number of aliphatic hydroxyl groups excluding tert-OH is 4. The average molecular weight is 497 g/mol. The number of fused-ring (bicyclic) bond motifs is 1. The largest absolute Gasteiger partial charge is 0.486 e. The van der Waals surface area contributed by atoms with E-state index in [9.17, 15) is 25.2 Å². The van der Waals surface area contributed by atoms with E-state index < -0.39 is 37.3 Å². The third kappa shape index (κ3) is 6.65. The van der Waals surface area contributed by atoms with Crippen molar-refractivity contribution in [2.24, 2.45) is 5.92 Å². The van der Waals surface area contributed by atoms with Crippen LogP contribution in [0.5, 0.6) is 11.5 Å². The Bertz CT molecular complexity index is 953. The minimum atomic E-state index is -1.60. The summed E-state index contributed by atoms with van der Waals surface area (Å²) in [5.41, 5.74) is 1.01. The molecular weight excluding hydrogens is 460 g/mol. The molecule has 5 atom stereocenters. The van der Waals surface area contributed by atoms with Gasteiger partial charge in [0, 0.05) is 11.8 Å². The van der Waals surface area contributed by atoms with Gasteiger partial charge in [0.25, 0.3) is 0 Å². The number of carbonyl (C=O) groups is 1. The van der Waals surface area contributed by atoms with Crippen LogP contribution in [0.4, 0.5) is 0 Å². The Kier molecular flexibility index (Phi) is 9.76. The van der Waals surface area contributed by atoms with Crippen LogP contribution in [0.3, 0.4) is 0 Å². The van der Waals surface area contributed by atoms with Crippen molar-refractivity contribution in [1.82, 2.24) is 0 Å². The highest BCUT2D eigenvalue weighted by molar-refractivity contribution is 5.87. The second-order valence-electron chi connectivity index (χ2n) is 9.04. The van der Waals surface area contributed by atoms with E-state index in [-0.39, 0.29) is 36.9 Å². The Balaban J connectivity index is 1.96. The maximum Gasteiger partial charge on any atom is 0.306 e. The van der Waals surface area contributed by atoms with Gasteiger partial charge in [-0.2, -0.15) is 0 Å². The van der Waals surface area contributed by atoms with E-state index in [1.165, 1.54) is 6.26 Å². The molecule has 0 radical (unpaired) electrons. The fourth-order valence-corrected chi connectivity index (χ4v) is 3.98. The molecule has 1 saturated heterocycles. The fourth-order valence-electron chi connectivity index (χ4n) is 3.98. The fraction of sp³-hybridized carbons (Fsp3) is 0.640. The minimum Gasteiger partial charge on any atom is -0.486 e. The van der Waals surface area contributed by atoms with Gasteiger partial charge < -0.3 is 43.8 Å². The van der Waals surface area contributed by atoms with E-state index in [1.807, 2.05) is 0 Å². The molecule has 1 aliphatic heterocycles. The van der Waals surface area contributed by atoms with Gasteiger partial charge in [-0.3, -0.25) is 4.79 Å². The number of aliphatic hydroxyl groups is 4. The predicted octanol–water partition coefficient (Wildman–Crippen LogP) is 1.92. The number of carbonyl (C=O) groups excluding carboxylic acids is 1. The molecule has 0 saturated carbocycles. The van der Waals surface area contributed by atoms with Crippen molar-refractivity contribution in [1.29, 1.82) is 0 Å². The summed E-state index contributed by atoms with van der Waals surface area (Å²) in [7, 11) is 0. The van der Waals surface area contributed by atoms with Gasteiger partial charge in [-0.1, -0.05) is 13.8 Å². The summed E-state index contributed by atoms with van der Waals surface area (Å²) in [5, 5.41) is 41.1. The molecule has 1 aliphatic rings. The summed E-state index contributed by atoms with van der Waals surface area (Å²) in [6, 6.07) is 3.56. The van der Waals surface area contributed by atoms with Crippen molar-refractivity contribution in [2.45, 2.75) is 77.2 Å². The summed E-state index contributed by atoms with van der Waals surface area (Å²) < 4.78 is 28.4. The van der Waals surface area contributed by atoms with Crippen molar-refractivity contribution in [3.05, 3.63) is 24.0 Å². The zero-order valence-corrected chi connectivity index (χ0v) is 20.4. The van der Waals surface area contributed by atoms with Crippen molar-refractivity contribution in [3.8, 4) is 11.5 Å². The Morgan fingerprint density at radius 1 is 1.14 bits per heavy atom. The van der Waals surface area contributed by atoms with Crippen molar-refractivity contribution in [3.63, 3.8) is 0 Å². The summed E-state index contributed by atoms with van der Waals surface area (Å²) in [5.74, 6) is 0.596. The molecule has 0 aliphatic carbocycles. The lowest BCUT2D eigenvalue weighted by atomic mass is 9.99. The number of rotatable bonds is 12. The van der Waals surface area contributed by atoms with Crippen molar-refractivity contribution >= 4 is 16.9 Å².